The molecule has 1 aromatic rings. The van der Waals surface area contributed by atoms with Crippen molar-refractivity contribution in [3.8, 4) is 0 Å². The van der Waals surface area contributed by atoms with E-state index in [1.807, 2.05) is 0 Å². The number of likely N-dealkylation sites (tertiary alicyclic amines) is 1. The quantitative estimate of drug-likeness (QED) is 0.599. The van der Waals surface area contributed by atoms with Crippen molar-refractivity contribution in [2.45, 2.75) is 25.9 Å². The van der Waals surface area contributed by atoms with Crippen LogP contribution in [0, 0.1) is 0 Å². The van der Waals surface area contributed by atoms with Gasteiger partial charge >= 0.3 is 0 Å². The van der Waals surface area contributed by atoms with Crippen LogP contribution in [-0.4, -0.2) is 49.9 Å². The van der Waals surface area contributed by atoms with Crippen molar-refractivity contribution in [1.29, 1.82) is 0 Å². The SMILES string of the molecule is CCN1C(=O)CC(NCc2nn[nH]n2)C1=O. The lowest BCUT2D eigenvalue weighted by molar-refractivity contribution is -0.138. The van der Waals surface area contributed by atoms with Crippen molar-refractivity contribution in [1.82, 2.24) is 30.8 Å². The van der Waals surface area contributed by atoms with Crippen molar-refractivity contribution in [3.05, 3.63) is 5.82 Å². The van der Waals surface area contributed by atoms with Gasteiger partial charge in [-0.3, -0.25) is 19.8 Å². The molecule has 8 heteroatoms. The fourth-order valence-electron chi connectivity index (χ4n) is 1.65. The molecular formula is C8H12N6O2. The smallest absolute Gasteiger partial charge is 0.246 e. The third-order valence-electron chi connectivity index (χ3n) is 2.46. The third kappa shape index (κ3) is 1.91. The number of hydrogen-bond acceptors (Lipinski definition) is 6. The summed E-state index contributed by atoms with van der Waals surface area (Å²) in [5.41, 5.74) is 0. The monoisotopic (exact) mass is 224 g/mol. The van der Waals surface area contributed by atoms with Crippen LogP contribution in [0.3, 0.4) is 0 Å². The number of hydrogen-bond donors (Lipinski definition) is 2. The first-order chi connectivity index (χ1) is 7.72. The number of rotatable bonds is 4. The van der Waals surface area contributed by atoms with Gasteiger partial charge in [0.1, 0.15) is 0 Å². The maximum atomic E-state index is 11.7. The molecule has 0 bridgehead atoms. The lowest BCUT2D eigenvalue weighted by Crippen LogP contribution is -2.38. The summed E-state index contributed by atoms with van der Waals surface area (Å²) < 4.78 is 0. The highest BCUT2D eigenvalue weighted by molar-refractivity contribution is 6.05. The molecule has 2 N–H and O–H groups in total. The van der Waals surface area contributed by atoms with Gasteiger partial charge in [-0.05, 0) is 6.92 Å². The number of carbonyl (C=O) groups excluding carboxylic acids is 2. The molecule has 1 atom stereocenters. The molecule has 8 nitrogen and oxygen atoms in total. The van der Waals surface area contributed by atoms with E-state index < -0.39 is 6.04 Å². The summed E-state index contributed by atoms with van der Waals surface area (Å²) >= 11 is 0. The number of aromatic amines is 1. The minimum atomic E-state index is -0.467. The van der Waals surface area contributed by atoms with Gasteiger partial charge in [0.15, 0.2) is 5.82 Å². The zero-order valence-corrected chi connectivity index (χ0v) is 8.80. The molecule has 0 spiro atoms. The summed E-state index contributed by atoms with van der Waals surface area (Å²) in [7, 11) is 0. The Kier molecular flexibility index (Phi) is 2.91. The standard InChI is InChI=1S/C8H12N6O2/c1-2-14-7(15)3-5(8(14)16)9-4-6-10-12-13-11-6/h5,9H,2-4H2,1H3,(H,10,11,12,13). The molecule has 2 heterocycles. The predicted molar refractivity (Wildman–Crippen MR) is 51.8 cm³/mol. The second-order valence-corrected chi connectivity index (χ2v) is 3.44. The molecule has 1 aliphatic heterocycles. The van der Waals surface area contributed by atoms with Crippen LogP contribution in [0.1, 0.15) is 19.2 Å². The Balaban J connectivity index is 1.92. The number of carbonyl (C=O) groups is 2. The van der Waals surface area contributed by atoms with Crippen LogP contribution in [0.4, 0.5) is 0 Å². The third-order valence-corrected chi connectivity index (χ3v) is 2.46. The van der Waals surface area contributed by atoms with Gasteiger partial charge in [-0.1, -0.05) is 5.21 Å². The van der Waals surface area contributed by atoms with Gasteiger partial charge in [0.2, 0.25) is 11.8 Å². The van der Waals surface area contributed by atoms with Crippen molar-refractivity contribution >= 4 is 11.8 Å². The van der Waals surface area contributed by atoms with Gasteiger partial charge in [-0.2, -0.15) is 5.21 Å². The average Bonchev–Trinajstić information content (AvgIpc) is 2.85. The fraction of sp³-hybridized carbons (Fsp3) is 0.625. The highest BCUT2D eigenvalue weighted by Crippen LogP contribution is 2.12. The molecule has 1 unspecified atom stereocenters. The molecule has 0 saturated carbocycles. The van der Waals surface area contributed by atoms with E-state index in [1.54, 1.807) is 6.92 Å². The van der Waals surface area contributed by atoms with Crippen LogP contribution in [0.25, 0.3) is 0 Å². The first kappa shape index (κ1) is 10.7. The summed E-state index contributed by atoms with van der Waals surface area (Å²) in [4.78, 5) is 24.3. The predicted octanol–water partition coefficient (Wildman–Crippen LogP) is -1.56. The summed E-state index contributed by atoms with van der Waals surface area (Å²) in [6.45, 7) is 2.51. The number of imide groups is 1. The van der Waals surface area contributed by atoms with Crippen LogP contribution < -0.4 is 5.32 Å². The van der Waals surface area contributed by atoms with E-state index >= 15 is 0 Å². The molecule has 1 saturated heterocycles. The highest BCUT2D eigenvalue weighted by Gasteiger charge is 2.37. The Morgan fingerprint density at radius 3 is 2.94 bits per heavy atom. The van der Waals surface area contributed by atoms with E-state index in [2.05, 4.69) is 25.9 Å². The second kappa shape index (κ2) is 4.35. The van der Waals surface area contributed by atoms with Gasteiger partial charge in [0, 0.05) is 6.54 Å². The molecule has 86 valence electrons. The number of amides is 2. The average molecular weight is 224 g/mol. The molecule has 1 aliphatic rings. The normalized spacial score (nSPS) is 20.8. The maximum absolute atomic E-state index is 11.7. The van der Waals surface area contributed by atoms with Gasteiger partial charge in [-0.15, -0.1) is 10.2 Å². The van der Waals surface area contributed by atoms with Crippen LogP contribution in [-0.2, 0) is 16.1 Å². The van der Waals surface area contributed by atoms with E-state index in [0.717, 1.165) is 0 Å². The Morgan fingerprint density at radius 1 is 1.56 bits per heavy atom. The summed E-state index contributed by atoms with van der Waals surface area (Å²) in [5, 5.41) is 16.1. The molecule has 1 aromatic heterocycles. The van der Waals surface area contributed by atoms with Gasteiger partial charge in [0.25, 0.3) is 0 Å². The first-order valence-electron chi connectivity index (χ1n) is 5.02. The van der Waals surface area contributed by atoms with Crippen LogP contribution in [0.5, 0.6) is 0 Å². The van der Waals surface area contributed by atoms with E-state index in [9.17, 15) is 9.59 Å². The molecular weight excluding hydrogens is 212 g/mol. The van der Waals surface area contributed by atoms with Crippen LogP contribution in [0.15, 0.2) is 0 Å². The molecule has 2 amide bonds. The number of tetrazole rings is 1. The van der Waals surface area contributed by atoms with Crippen LogP contribution >= 0.6 is 0 Å². The lowest BCUT2D eigenvalue weighted by Gasteiger charge is -2.11. The minimum absolute atomic E-state index is 0.141. The van der Waals surface area contributed by atoms with Gasteiger partial charge in [0.05, 0.1) is 19.0 Å². The van der Waals surface area contributed by atoms with E-state index in [0.29, 0.717) is 18.9 Å². The maximum Gasteiger partial charge on any atom is 0.246 e. The second-order valence-electron chi connectivity index (χ2n) is 3.44. The number of likely N-dealkylation sites (N-methyl/N-ethyl adjacent to an activating group) is 1. The molecule has 1 fully saturated rings. The Morgan fingerprint density at radius 2 is 2.38 bits per heavy atom. The lowest BCUT2D eigenvalue weighted by atomic mass is 10.2. The van der Waals surface area contributed by atoms with Crippen LogP contribution in [0.2, 0.25) is 0 Å². The molecule has 2 rings (SSSR count). The van der Waals surface area contributed by atoms with Crippen molar-refractivity contribution in [2.24, 2.45) is 0 Å². The van der Waals surface area contributed by atoms with E-state index in [1.165, 1.54) is 4.90 Å². The van der Waals surface area contributed by atoms with Gasteiger partial charge < -0.3 is 0 Å². The summed E-state index contributed by atoms with van der Waals surface area (Å²) in [5.74, 6) is 0.143. The molecule has 16 heavy (non-hydrogen) atoms. The fourth-order valence-corrected chi connectivity index (χ4v) is 1.65. The summed E-state index contributed by atoms with van der Waals surface area (Å²) in [6.07, 6.45) is 0.199. The first-order valence-corrected chi connectivity index (χ1v) is 5.02. The molecule has 0 aliphatic carbocycles. The number of nitrogens with one attached hydrogen (secondary N) is 2. The van der Waals surface area contributed by atoms with Crippen molar-refractivity contribution < 1.29 is 9.59 Å². The number of nitrogens with zero attached hydrogens (tertiary/aromatic N) is 4. The van der Waals surface area contributed by atoms with Crippen molar-refractivity contribution in [3.63, 3.8) is 0 Å². The van der Waals surface area contributed by atoms with E-state index in [-0.39, 0.29) is 18.2 Å². The van der Waals surface area contributed by atoms with Gasteiger partial charge in [-0.25, -0.2) is 0 Å². The number of aromatic nitrogens is 4. The largest absolute Gasteiger partial charge is 0.298 e. The topological polar surface area (TPSA) is 104 Å². The molecule has 0 aromatic carbocycles. The summed E-state index contributed by atoms with van der Waals surface area (Å²) in [6, 6.07) is -0.467. The Hall–Kier alpha value is -1.83. The Bertz CT molecular complexity index is 389. The van der Waals surface area contributed by atoms with Crippen molar-refractivity contribution in [2.75, 3.05) is 6.54 Å². The Labute approximate surface area is 91.4 Å². The zero-order chi connectivity index (χ0) is 11.5. The minimum Gasteiger partial charge on any atom is -0.298 e. The highest BCUT2D eigenvalue weighted by atomic mass is 16.2. The number of H-pyrrole nitrogens is 1. The molecule has 0 radical (unpaired) electrons. The zero-order valence-electron chi connectivity index (χ0n) is 8.80. The van der Waals surface area contributed by atoms with E-state index in [4.69, 9.17) is 0 Å².